The van der Waals surface area contributed by atoms with E-state index in [0.717, 1.165) is 30.1 Å². The number of amides is 1. The molecule has 1 amide bonds. The Labute approximate surface area is 158 Å². The number of carbonyl (C=O) groups is 1. The number of nitrogens with one attached hydrogen (secondary N) is 2. The van der Waals surface area contributed by atoms with E-state index in [9.17, 15) is 22.4 Å². The van der Waals surface area contributed by atoms with Gasteiger partial charge >= 0.3 is 0 Å². The molecule has 9 heteroatoms. The molecule has 1 heterocycles. The Bertz CT molecular complexity index is 1200. The maximum Gasteiger partial charge on any atom is 0.257 e. The molecule has 0 unspecified atom stereocenters. The second kappa shape index (κ2) is 7.13. The average molecular weight is 409 g/mol. The Kier molecular flexibility index (Phi) is 5.03. The molecule has 0 saturated carbocycles. The largest absolute Gasteiger partial charge is 0.358 e. The Morgan fingerprint density at radius 2 is 1.89 bits per heavy atom. The van der Waals surface area contributed by atoms with Gasteiger partial charge in [-0.3, -0.25) is 9.59 Å². The minimum atomic E-state index is -3.72. The van der Waals surface area contributed by atoms with Gasteiger partial charge < -0.3 is 10.3 Å². The zero-order chi connectivity index (χ0) is 19.8. The first kappa shape index (κ1) is 19.1. The second-order valence-electron chi connectivity index (χ2n) is 5.94. The molecule has 0 aliphatic carbocycles. The minimum absolute atomic E-state index is 0.158. The van der Waals surface area contributed by atoms with Crippen molar-refractivity contribution in [3.63, 3.8) is 0 Å². The smallest absolute Gasteiger partial charge is 0.257 e. The van der Waals surface area contributed by atoms with E-state index in [-0.39, 0.29) is 27.9 Å². The maximum absolute atomic E-state index is 14.1. The summed E-state index contributed by atoms with van der Waals surface area (Å²) in [6.45, 7) is 0.158. The number of pyridine rings is 1. The quantitative estimate of drug-likeness (QED) is 0.693. The van der Waals surface area contributed by atoms with Gasteiger partial charge in [-0.1, -0.05) is 23.7 Å². The highest BCUT2D eigenvalue weighted by Crippen LogP contribution is 2.19. The van der Waals surface area contributed by atoms with Crippen LogP contribution in [0.1, 0.15) is 15.9 Å². The fourth-order valence-corrected chi connectivity index (χ4v) is 3.30. The van der Waals surface area contributed by atoms with Gasteiger partial charge in [0.1, 0.15) is 11.4 Å². The van der Waals surface area contributed by atoms with Gasteiger partial charge in [-0.05, 0) is 29.8 Å². The molecule has 0 saturated heterocycles. The Balaban J connectivity index is 1.97. The topological polar surface area (TPSA) is 96.1 Å². The number of aromatic amines is 1. The van der Waals surface area contributed by atoms with Crippen LogP contribution >= 0.6 is 11.6 Å². The normalized spacial score (nSPS) is 11.5. The minimum Gasteiger partial charge on any atom is -0.358 e. The van der Waals surface area contributed by atoms with Crippen LogP contribution < -0.4 is 10.7 Å². The van der Waals surface area contributed by atoms with Crippen molar-refractivity contribution < 1.29 is 17.6 Å². The second-order valence-corrected chi connectivity index (χ2v) is 8.39. The zero-order valence-electron chi connectivity index (χ0n) is 14.0. The molecule has 0 aliphatic rings. The first-order valence-corrected chi connectivity index (χ1v) is 10.0. The number of H-pyrrole nitrogens is 1. The molecule has 0 aliphatic heterocycles. The molecule has 6 nitrogen and oxygen atoms in total. The van der Waals surface area contributed by atoms with E-state index < -0.39 is 27.0 Å². The molecule has 2 aromatic carbocycles. The first-order valence-electron chi connectivity index (χ1n) is 7.74. The van der Waals surface area contributed by atoms with Crippen LogP contribution in [0.5, 0.6) is 0 Å². The van der Waals surface area contributed by atoms with Crippen molar-refractivity contribution in [2.75, 3.05) is 6.26 Å². The van der Waals surface area contributed by atoms with Crippen LogP contribution in [0.2, 0.25) is 5.02 Å². The predicted molar refractivity (Wildman–Crippen MR) is 100 cm³/mol. The van der Waals surface area contributed by atoms with Crippen LogP contribution in [-0.4, -0.2) is 25.6 Å². The van der Waals surface area contributed by atoms with Crippen molar-refractivity contribution in [3.05, 3.63) is 74.8 Å². The summed E-state index contributed by atoms with van der Waals surface area (Å²) in [5.41, 5.74) is -0.403. The number of benzene rings is 2. The molecule has 0 atom stereocenters. The van der Waals surface area contributed by atoms with Crippen molar-refractivity contribution in [1.82, 2.24) is 10.3 Å². The standard InChI is InChI=1S/C18H14ClFN2O4S/c1-27(25,26)12-6-13-16(15(20)7-12)21-9-14(17(13)23)18(24)22-8-10-2-4-11(19)5-3-10/h2-7,9H,8H2,1H3,(H,21,23)(H,22,24). The molecule has 1 aromatic heterocycles. The van der Waals surface area contributed by atoms with E-state index in [0.29, 0.717) is 5.02 Å². The van der Waals surface area contributed by atoms with Crippen molar-refractivity contribution >= 4 is 38.2 Å². The van der Waals surface area contributed by atoms with E-state index in [2.05, 4.69) is 10.3 Å². The lowest BCUT2D eigenvalue weighted by Gasteiger charge is -2.08. The molecular formula is C18H14ClFN2O4S. The molecule has 140 valence electrons. The van der Waals surface area contributed by atoms with Gasteiger partial charge in [-0.25, -0.2) is 12.8 Å². The molecule has 3 aromatic rings. The number of rotatable bonds is 4. The summed E-state index contributed by atoms with van der Waals surface area (Å²) in [4.78, 5) is 27.2. The van der Waals surface area contributed by atoms with E-state index in [4.69, 9.17) is 11.6 Å². The summed E-state index contributed by atoms with van der Waals surface area (Å²) in [7, 11) is -3.72. The summed E-state index contributed by atoms with van der Waals surface area (Å²) >= 11 is 5.80. The lowest BCUT2D eigenvalue weighted by atomic mass is 10.1. The van der Waals surface area contributed by atoms with Gasteiger partial charge in [0.25, 0.3) is 5.91 Å². The fraction of sp³-hybridized carbons (Fsp3) is 0.111. The molecule has 0 bridgehead atoms. The third-order valence-electron chi connectivity index (χ3n) is 3.95. The lowest BCUT2D eigenvalue weighted by Crippen LogP contribution is -2.28. The van der Waals surface area contributed by atoms with E-state index in [1.807, 2.05) is 0 Å². The first-order chi connectivity index (χ1) is 12.7. The SMILES string of the molecule is CS(=O)(=O)c1cc(F)c2[nH]cc(C(=O)NCc3ccc(Cl)cc3)c(=O)c2c1. The van der Waals surface area contributed by atoms with Gasteiger partial charge in [0.15, 0.2) is 9.84 Å². The number of fused-ring (bicyclic) bond motifs is 1. The molecule has 0 radical (unpaired) electrons. The highest BCUT2D eigenvalue weighted by Gasteiger charge is 2.18. The van der Waals surface area contributed by atoms with Gasteiger partial charge in [0.05, 0.1) is 15.8 Å². The maximum atomic E-state index is 14.1. The third-order valence-corrected chi connectivity index (χ3v) is 5.30. The number of carbonyl (C=O) groups excluding carboxylic acids is 1. The molecule has 2 N–H and O–H groups in total. The number of aromatic nitrogens is 1. The van der Waals surface area contributed by atoms with Gasteiger partial charge in [0.2, 0.25) is 5.43 Å². The van der Waals surface area contributed by atoms with Gasteiger partial charge in [-0.15, -0.1) is 0 Å². The lowest BCUT2D eigenvalue weighted by molar-refractivity contribution is 0.0949. The van der Waals surface area contributed by atoms with Crippen molar-refractivity contribution in [1.29, 1.82) is 0 Å². The van der Waals surface area contributed by atoms with E-state index >= 15 is 0 Å². The van der Waals surface area contributed by atoms with Crippen LogP contribution in [0.15, 0.2) is 52.3 Å². The Morgan fingerprint density at radius 3 is 2.52 bits per heavy atom. The van der Waals surface area contributed by atoms with Gasteiger partial charge in [-0.2, -0.15) is 0 Å². The van der Waals surface area contributed by atoms with E-state index in [1.165, 1.54) is 0 Å². The zero-order valence-corrected chi connectivity index (χ0v) is 15.6. The average Bonchev–Trinajstić information content (AvgIpc) is 2.61. The third kappa shape index (κ3) is 4.01. The molecule has 3 rings (SSSR count). The highest BCUT2D eigenvalue weighted by atomic mass is 35.5. The van der Waals surface area contributed by atoms with Gasteiger partial charge in [0, 0.05) is 24.0 Å². The molecule has 0 spiro atoms. The van der Waals surface area contributed by atoms with Crippen molar-refractivity contribution in [3.8, 4) is 0 Å². The van der Waals surface area contributed by atoms with Crippen LogP contribution in [0.4, 0.5) is 4.39 Å². The van der Waals surface area contributed by atoms with Crippen LogP contribution in [0.3, 0.4) is 0 Å². The molecule has 0 fully saturated rings. The van der Waals surface area contributed by atoms with Crippen LogP contribution in [-0.2, 0) is 16.4 Å². The summed E-state index contributed by atoms with van der Waals surface area (Å²) < 4.78 is 37.5. The predicted octanol–water partition coefficient (Wildman–Crippen LogP) is 2.65. The molecule has 27 heavy (non-hydrogen) atoms. The summed E-state index contributed by atoms with van der Waals surface area (Å²) in [6, 6.07) is 8.67. The van der Waals surface area contributed by atoms with Crippen LogP contribution in [0, 0.1) is 5.82 Å². The Morgan fingerprint density at radius 1 is 1.22 bits per heavy atom. The summed E-state index contributed by atoms with van der Waals surface area (Å²) in [6.07, 6.45) is 2.01. The number of hydrogen-bond acceptors (Lipinski definition) is 4. The molecular weight excluding hydrogens is 395 g/mol. The summed E-state index contributed by atoms with van der Waals surface area (Å²) in [5, 5.41) is 2.93. The number of sulfone groups is 1. The fourth-order valence-electron chi connectivity index (χ4n) is 2.53. The Hall–Kier alpha value is -2.71. The monoisotopic (exact) mass is 408 g/mol. The number of hydrogen-bond donors (Lipinski definition) is 2. The van der Waals surface area contributed by atoms with Crippen LogP contribution in [0.25, 0.3) is 10.9 Å². The van der Waals surface area contributed by atoms with Crippen molar-refractivity contribution in [2.24, 2.45) is 0 Å². The van der Waals surface area contributed by atoms with Crippen molar-refractivity contribution in [2.45, 2.75) is 11.4 Å². The summed E-state index contributed by atoms with van der Waals surface area (Å²) in [5.74, 6) is -1.56. The number of halogens is 2. The highest BCUT2D eigenvalue weighted by molar-refractivity contribution is 7.90. The van der Waals surface area contributed by atoms with E-state index in [1.54, 1.807) is 24.3 Å².